The Morgan fingerprint density at radius 1 is 1.12 bits per heavy atom. The molecule has 0 aromatic heterocycles. The topological polar surface area (TPSA) is 103 Å². The zero-order valence-electron chi connectivity index (χ0n) is 20.1. The number of amides is 1. The SMILES string of the molecule is CCC1CN(CC(Cl)=NC(C(=O)NC)=C(N)N)CCN1C1CCN(Cc2ccc(Cl)cc2)CC1. The lowest BCUT2D eigenvalue weighted by atomic mass is 9.98. The first-order valence-electron chi connectivity index (χ1n) is 12.0. The fraction of sp³-hybridized carbons (Fsp3) is 0.583. The van der Waals surface area contributed by atoms with Crippen LogP contribution >= 0.6 is 23.2 Å². The van der Waals surface area contributed by atoms with Crippen molar-refractivity contribution >= 4 is 34.3 Å². The summed E-state index contributed by atoms with van der Waals surface area (Å²) in [4.78, 5) is 23.6. The van der Waals surface area contributed by atoms with Crippen molar-refractivity contribution in [2.45, 2.75) is 44.8 Å². The third-order valence-corrected chi connectivity index (χ3v) is 7.19. The molecule has 2 fully saturated rings. The van der Waals surface area contributed by atoms with Crippen molar-refractivity contribution in [2.75, 3.05) is 46.3 Å². The van der Waals surface area contributed by atoms with Crippen molar-refractivity contribution in [3.8, 4) is 0 Å². The largest absolute Gasteiger partial charge is 0.384 e. The number of aliphatic imine (C=N–C) groups is 1. The maximum atomic E-state index is 11.9. The van der Waals surface area contributed by atoms with Gasteiger partial charge in [0.15, 0.2) is 5.70 Å². The highest BCUT2D eigenvalue weighted by Gasteiger charge is 2.33. The molecule has 2 heterocycles. The second kappa shape index (κ2) is 12.7. The molecular weight excluding hydrogens is 473 g/mol. The smallest absolute Gasteiger partial charge is 0.273 e. The highest BCUT2D eigenvalue weighted by atomic mass is 35.5. The van der Waals surface area contributed by atoms with Crippen LogP contribution in [0.3, 0.4) is 0 Å². The molecule has 0 aliphatic carbocycles. The van der Waals surface area contributed by atoms with E-state index in [2.05, 4.69) is 44.1 Å². The van der Waals surface area contributed by atoms with Gasteiger partial charge in [-0.3, -0.25) is 19.5 Å². The Balaban J connectivity index is 1.51. The monoisotopic (exact) mass is 509 g/mol. The van der Waals surface area contributed by atoms with Crippen LogP contribution in [0.4, 0.5) is 0 Å². The number of carbonyl (C=O) groups is 1. The van der Waals surface area contributed by atoms with E-state index in [4.69, 9.17) is 34.7 Å². The van der Waals surface area contributed by atoms with Gasteiger partial charge in [-0.2, -0.15) is 0 Å². The van der Waals surface area contributed by atoms with Crippen LogP contribution in [0.1, 0.15) is 31.7 Å². The number of piperazine rings is 1. The molecule has 188 valence electrons. The molecule has 2 aliphatic rings. The maximum absolute atomic E-state index is 11.9. The van der Waals surface area contributed by atoms with E-state index < -0.39 is 5.91 Å². The summed E-state index contributed by atoms with van der Waals surface area (Å²) in [6.07, 6.45) is 3.44. The zero-order valence-corrected chi connectivity index (χ0v) is 21.7. The van der Waals surface area contributed by atoms with Crippen LogP contribution < -0.4 is 16.8 Å². The lowest BCUT2D eigenvalue weighted by Gasteiger charge is -2.47. The van der Waals surface area contributed by atoms with Crippen LogP contribution in [-0.2, 0) is 11.3 Å². The van der Waals surface area contributed by atoms with Gasteiger partial charge < -0.3 is 16.8 Å². The normalized spacial score (nSPS) is 21.4. The minimum atomic E-state index is -0.447. The first kappa shape index (κ1) is 26.8. The Morgan fingerprint density at radius 3 is 2.38 bits per heavy atom. The van der Waals surface area contributed by atoms with Gasteiger partial charge in [0, 0.05) is 50.3 Å². The number of hydrogen-bond donors (Lipinski definition) is 3. The Hall–Kier alpha value is -1.84. The van der Waals surface area contributed by atoms with Gasteiger partial charge >= 0.3 is 0 Å². The number of nitrogens with one attached hydrogen (secondary N) is 1. The first-order valence-corrected chi connectivity index (χ1v) is 12.7. The highest BCUT2D eigenvalue weighted by molar-refractivity contribution is 6.66. The molecule has 1 amide bonds. The summed E-state index contributed by atoms with van der Waals surface area (Å²) in [7, 11) is 1.50. The number of likely N-dealkylation sites (N-methyl/N-ethyl adjacent to an activating group) is 1. The molecule has 2 aliphatic heterocycles. The Morgan fingerprint density at radius 2 is 1.79 bits per heavy atom. The highest BCUT2D eigenvalue weighted by Crippen LogP contribution is 2.24. The van der Waals surface area contributed by atoms with Gasteiger partial charge in [-0.15, -0.1) is 0 Å². The first-order chi connectivity index (χ1) is 16.3. The van der Waals surface area contributed by atoms with Crippen molar-refractivity contribution in [2.24, 2.45) is 16.5 Å². The minimum Gasteiger partial charge on any atom is -0.384 e. The van der Waals surface area contributed by atoms with E-state index in [1.807, 2.05) is 12.1 Å². The number of carbonyl (C=O) groups excluding carboxylic acids is 1. The molecule has 1 atom stereocenters. The van der Waals surface area contributed by atoms with Crippen molar-refractivity contribution in [1.29, 1.82) is 0 Å². The molecule has 34 heavy (non-hydrogen) atoms. The average molecular weight is 511 g/mol. The van der Waals surface area contributed by atoms with Crippen LogP contribution in [0.5, 0.6) is 0 Å². The van der Waals surface area contributed by atoms with Crippen molar-refractivity contribution < 1.29 is 4.79 Å². The summed E-state index contributed by atoms with van der Waals surface area (Å²) in [5.41, 5.74) is 12.5. The third kappa shape index (κ3) is 7.33. The van der Waals surface area contributed by atoms with Crippen molar-refractivity contribution in [3.63, 3.8) is 0 Å². The Labute approximate surface area is 212 Å². The molecule has 0 radical (unpaired) electrons. The molecule has 1 unspecified atom stereocenters. The van der Waals surface area contributed by atoms with Crippen LogP contribution in [-0.4, -0.2) is 84.2 Å². The van der Waals surface area contributed by atoms with Gasteiger partial charge in [0.2, 0.25) is 0 Å². The van der Waals surface area contributed by atoms with E-state index in [1.165, 1.54) is 25.5 Å². The number of halogens is 2. The molecule has 3 rings (SSSR count). The summed E-state index contributed by atoms with van der Waals surface area (Å²) in [6.45, 7) is 8.74. The van der Waals surface area contributed by atoms with Crippen LogP contribution in [0, 0.1) is 0 Å². The van der Waals surface area contributed by atoms with Crippen molar-refractivity contribution in [1.82, 2.24) is 20.0 Å². The van der Waals surface area contributed by atoms with Gasteiger partial charge in [0.1, 0.15) is 11.0 Å². The minimum absolute atomic E-state index is 0.0384. The van der Waals surface area contributed by atoms with Crippen LogP contribution in [0.2, 0.25) is 5.02 Å². The summed E-state index contributed by atoms with van der Waals surface area (Å²) in [5, 5.41) is 3.58. The third-order valence-electron chi connectivity index (χ3n) is 6.73. The molecule has 0 bridgehead atoms. The number of nitrogens with two attached hydrogens (primary N) is 2. The van der Waals surface area contributed by atoms with E-state index in [9.17, 15) is 4.79 Å². The summed E-state index contributed by atoms with van der Waals surface area (Å²) >= 11 is 12.4. The molecule has 5 N–H and O–H groups in total. The standard InChI is InChI=1S/C24H37Cl2N7O/c1-3-19-15-32(16-21(26)30-22(23(27)28)24(34)29-2)12-13-33(19)20-8-10-31(11-9-20)14-17-4-6-18(25)7-5-17/h4-7,19-20H,3,8-16,27-28H2,1-2H3,(H,29,34). The summed E-state index contributed by atoms with van der Waals surface area (Å²) in [5.74, 6) is -0.590. The van der Waals surface area contributed by atoms with Gasteiger partial charge in [0.05, 0.1) is 6.54 Å². The fourth-order valence-corrected chi connectivity index (χ4v) is 5.26. The summed E-state index contributed by atoms with van der Waals surface area (Å²) < 4.78 is 0. The number of likely N-dealkylation sites (tertiary alicyclic amines) is 1. The fourth-order valence-electron chi connectivity index (χ4n) is 4.88. The molecule has 10 heteroatoms. The van der Waals surface area contributed by atoms with Crippen LogP contribution in [0.15, 0.2) is 40.8 Å². The zero-order chi connectivity index (χ0) is 24.7. The molecule has 0 saturated carbocycles. The van der Waals surface area contributed by atoms with E-state index in [1.54, 1.807) is 0 Å². The lowest BCUT2D eigenvalue weighted by Crippen LogP contribution is -2.58. The van der Waals surface area contributed by atoms with E-state index in [-0.39, 0.29) is 11.5 Å². The lowest BCUT2D eigenvalue weighted by molar-refractivity contribution is -0.117. The molecule has 1 aromatic rings. The van der Waals surface area contributed by atoms with Gasteiger partial charge in [-0.05, 0) is 50.0 Å². The number of nitrogens with zero attached hydrogens (tertiary/aromatic N) is 4. The second-order valence-electron chi connectivity index (χ2n) is 9.04. The molecule has 1 aromatic carbocycles. The maximum Gasteiger partial charge on any atom is 0.273 e. The number of rotatable bonds is 8. The second-order valence-corrected chi connectivity index (χ2v) is 9.91. The van der Waals surface area contributed by atoms with Gasteiger partial charge in [0.25, 0.3) is 5.91 Å². The molecule has 8 nitrogen and oxygen atoms in total. The summed E-state index contributed by atoms with van der Waals surface area (Å²) in [6, 6.07) is 9.24. The quantitative estimate of drug-likeness (QED) is 0.366. The van der Waals surface area contributed by atoms with E-state index >= 15 is 0 Å². The average Bonchev–Trinajstić information content (AvgIpc) is 2.83. The van der Waals surface area contributed by atoms with Gasteiger partial charge in [-0.25, -0.2) is 4.99 Å². The molecule has 2 saturated heterocycles. The number of hydrogen-bond acceptors (Lipinski definition) is 7. The number of piperidine rings is 1. The predicted molar refractivity (Wildman–Crippen MR) is 140 cm³/mol. The van der Waals surface area contributed by atoms with E-state index in [0.29, 0.717) is 23.8 Å². The molecule has 0 spiro atoms. The van der Waals surface area contributed by atoms with Crippen LogP contribution in [0.25, 0.3) is 0 Å². The van der Waals surface area contributed by atoms with Gasteiger partial charge in [-0.1, -0.05) is 42.3 Å². The predicted octanol–water partition coefficient (Wildman–Crippen LogP) is 2.17. The number of benzene rings is 1. The Kier molecular flexibility index (Phi) is 10.0. The molecular formula is C24H37Cl2N7O. The van der Waals surface area contributed by atoms with E-state index in [0.717, 1.165) is 50.7 Å². The van der Waals surface area contributed by atoms with Crippen molar-refractivity contribution in [3.05, 3.63) is 46.4 Å². The Bertz CT molecular complexity index is 878.